The molecule has 4 aliphatic rings. The van der Waals surface area contributed by atoms with Crippen molar-refractivity contribution in [3.05, 3.63) is 23.3 Å². The second-order valence-electron chi connectivity index (χ2n) is 9.03. The molecule has 0 spiro atoms. The van der Waals surface area contributed by atoms with Gasteiger partial charge in [0.05, 0.1) is 5.60 Å². The van der Waals surface area contributed by atoms with Crippen molar-refractivity contribution in [3.63, 3.8) is 0 Å². The molecule has 0 aromatic carbocycles. The van der Waals surface area contributed by atoms with Crippen molar-refractivity contribution in [2.24, 2.45) is 17.3 Å². The molecule has 25 heavy (non-hydrogen) atoms. The van der Waals surface area contributed by atoms with Crippen LogP contribution in [-0.4, -0.2) is 46.2 Å². The quantitative estimate of drug-likeness (QED) is 0.398. The fourth-order valence-electron chi connectivity index (χ4n) is 4.87. The minimum absolute atomic E-state index is 0.152. The van der Waals surface area contributed by atoms with Gasteiger partial charge in [0.25, 0.3) is 0 Å². The lowest BCUT2D eigenvalue weighted by Gasteiger charge is -2.19. The summed E-state index contributed by atoms with van der Waals surface area (Å²) in [5.41, 5.74) is 1.16. The molecule has 138 valence electrons. The van der Waals surface area contributed by atoms with Gasteiger partial charge in [-0.05, 0) is 55.6 Å². The Hall–Kier alpha value is -1.17. The maximum atomic E-state index is 12.1. The van der Waals surface area contributed by atoms with Crippen LogP contribution < -0.4 is 0 Å². The zero-order valence-electron chi connectivity index (χ0n) is 15.4. The molecule has 5 heteroatoms. The van der Waals surface area contributed by atoms with E-state index >= 15 is 0 Å². The monoisotopic (exact) mass is 348 g/mol. The minimum atomic E-state index is -0.968. The number of esters is 1. The Morgan fingerprint density at radius 1 is 1.20 bits per heavy atom. The number of aliphatic hydroxyl groups is 2. The SMILES string of the molecule is C/C1=C/[C@H]2[C@@H](CCC3=C[C@@H](C[C@]4(C)O[C@H]4[C@H](O)[C@@H]1O)OC3=O)C2(C)C. The third kappa shape index (κ3) is 2.77. The third-order valence-corrected chi connectivity index (χ3v) is 6.86. The Morgan fingerprint density at radius 2 is 1.92 bits per heavy atom. The molecule has 4 rings (SSSR count). The van der Waals surface area contributed by atoms with E-state index in [0.717, 1.165) is 24.0 Å². The van der Waals surface area contributed by atoms with Crippen LogP contribution >= 0.6 is 0 Å². The van der Waals surface area contributed by atoms with Gasteiger partial charge < -0.3 is 19.7 Å². The first-order valence-corrected chi connectivity index (χ1v) is 9.27. The standard InChI is InChI=1S/C20H28O5/c1-10-7-14-13(19(14,2)3)6-5-11-8-12(24-18(11)23)9-20(4)17(25-20)16(22)15(10)21/h7-8,12-17,21-22H,5-6,9H2,1-4H3/b10-7-/t12-,13+,14-,15+,16+,17-,20-/m0/s1. The second-order valence-corrected chi connectivity index (χ2v) is 9.03. The number of carbonyl (C=O) groups excluding carboxylic acids is 1. The summed E-state index contributed by atoms with van der Waals surface area (Å²) in [5, 5.41) is 21.1. The summed E-state index contributed by atoms with van der Waals surface area (Å²) in [6.45, 7) is 8.22. The summed E-state index contributed by atoms with van der Waals surface area (Å²) in [5.74, 6) is 0.616. The smallest absolute Gasteiger partial charge is 0.334 e. The average molecular weight is 348 g/mol. The third-order valence-electron chi connectivity index (χ3n) is 6.86. The van der Waals surface area contributed by atoms with Gasteiger partial charge in [-0.25, -0.2) is 4.79 Å². The van der Waals surface area contributed by atoms with Crippen LogP contribution in [0.2, 0.25) is 0 Å². The number of allylic oxidation sites excluding steroid dienone is 1. The van der Waals surface area contributed by atoms with E-state index in [2.05, 4.69) is 19.9 Å². The molecular weight excluding hydrogens is 320 g/mol. The lowest BCUT2D eigenvalue weighted by molar-refractivity contribution is -0.140. The van der Waals surface area contributed by atoms with Gasteiger partial charge in [0.2, 0.25) is 0 Å². The number of hydrogen-bond donors (Lipinski definition) is 2. The Morgan fingerprint density at radius 3 is 2.64 bits per heavy atom. The number of fused-ring (bicyclic) bond motifs is 3. The Labute approximate surface area is 148 Å². The minimum Gasteiger partial charge on any atom is -0.455 e. The molecular formula is C20H28O5. The van der Waals surface area contributed by atoms with Crippen LogP contribution in [0.3, 0.4) is 0 Å². The highest BCUT2D eigenvalue weighted by Gasteiger charge is 2.60. The molecule has 1 saturated carbocycles. The normalized spacial score (nSPS) is 50.4. The van der Waals surface area contributed by atoms with Crippen LogP contribution in [0.15, 0.2) is 23.3 Å². The molecule has 2 aliphatic heterocycles. The molecule has 5 nitrogen and oxygen atoms in total. The molecule has 0 aromatic heterocycles. The van der Waals surface area contributed by atoms with Crippen LogP contribution in [0, 0.1) is 17.3 Å². The number of ether oxygens (including phenoxy) is 2. The molecule has 2 bridgehead atoms. The fraction of sp³-hybridized carbons (Fsp3) is 0.750. The molecule has 2 aliphatic carbocycles. The molecule has 2 N–H and O–H groups in total. The van der Waals surface area contributed by atoms with Gasteiger partial charge in [0.15, 0.2) is 0 Å². The number of aliphatic hydroxyl groups excluding tert-OH is 2. The van der Waals surface area contributed by atoms with Gasteiger partial charge >= 0.3 is 5.97 Å². The van der Waals surface area contributed by atoms with E-state index in [4.69, 9.17) is 9.47 Å². The van der Waals surface area contributed by atoms with E-state index < -0.39 is 23.9 Å². The van der Waals surface area contributed by atoms with E-state index in [9.17, 15) is 15.0 Å². The Kier molecular flexibility index (Phi) is 3.74. The summed E-state index contributed by atoms with van der Waals surface area (Å²) in [4.78, 5) is 12.1. The molecule has 2 fully saturated rings. The van der Waals surface area contributed by atoms with E-state index in [1.165, 1.54) is 0 Å². The summed E-state index contributed by atoms with van der Waals surface area (Å²) in [6.07, 6.45) is 3.58. The first-order chi connectivity index (χ1) is 11.6. The van der Waals surface area contributed by atoms with Crippen molar-refractivity contribution in [2.75, 3.05) is 0 Å². The molecule has 0 aromatic rings. The van der Waals surface area contributed by atoms with Gasteiger partial charge in [0.1, 0.15) is 24.4 Å². The second kappa shape index (κ2) is 5.41. The Bertz CT molecular complexity index is 663. The van der Waals surface area contributed by atoms with Crippen LogP contribution in [0.4, 0.5) is 0 Å². The summed E-state index contributed by atoms with van der Waals surface area (Å²) in [6, 6.07) is 0. The summed E-state index contributed by atoms with van der Waals surface area (Å²) in [7, 11) is 0. The lowest BCUT2D eigenvalue weighted by Crippen LogP contribution is -2.36. The van der Waals surface area contributed by atoms with Gasteiger partial charge in [-0.15, -0.1) is 0 Å². The van der Waals surface area contributed by atoms with E-state index in [-0.39, 0.29) is 17.5 Å². The van der Waals surface area contributed by atoms with E-state index in [1.54, 1.807) is 0 Å². The molecule has 0 amide bonds. The van der Waals surface area contributed by atoms with E-state index in [0.29, 0.717) is 18.3 Å². The highest BCUT2D eigenvalue weighted by atomic mass is 16.6. The topological polar surface area (TPSA) is 79.3 Å². The molecule has 7 atom stereocenters. The van der Waals surface area contributed by atoms with Crippen LogP contribution in [-0.2, 0) is 14.3 Å². The van der Waals surface area contributed by atoms with Crippen LogP contribution in [0.5, 0.6) is 0 Å². The largest absolute Gasteiger partial charge is 0.455 e. The summed E-state index contributed by atoms with van der Waals surface area (Å²) < 4.78 is 11.2. The van der Waals surface area contributed by atoms with Crippen molar-refractivity contribution >= 4 is 5.97 Å². The van der Waals surface area contributed by atoms with Crippen molar-refractivity contribution in [2.45, 2.75) is 77.0 Å². The van der Waals surface area contributed by atoms with E-state index in [1.807, 2.05) is 19.9 Å². The lowest BCUT2D eigenvalue weighted by atomic mass is 9.91. The number of rotatable bonds is 0. The van der Waals surface area contributed by atoms with Gasteiger partial charge in [-0.1, -0.05) is 19.9 Å². The molecule has 1 saturated heterocycles. The number of hydrogen-bond acceptors (Lipinski definition) is 5. The molecule has 2 heterocycles. The number of carbonyl (C=O) groups is 1. The average Bonchev–Trinajstić information content (AvgIpc) is 3.27. The van der Waals surface area contributed by atoms with Gasteiger partial charge in [-0.2, -0.15) is 0 Å². The summed E-state index contributed by atoms with van der Waals surface area (Å²) >= 11 is 0. The van der Waals surface area contributed by atoms with Crippen molar-refractivity contribution < 1.29 is 24.5 Å². The maximum absolute atomic E-state index is 12.1. The van der Waals surface area contributed by atoms with Crippen molar-refractivity contribution in [3.8, 4) is 0 Å². The highest BCUT2D eigenvalue weighted by molar-refractivity contribution is 5.90. The predicted molar refractivity (Wildman–Crippen MR) is 91.6 cm³/mol. The fourth-order valence-corrected chi connectivity index (χ4v) is 4.87. The van der Waals surface area contributed by atoms with Crippen molar-refractivity contribution in [1.82, 2.24) is 0 Å². The maximum Gasteiger partial charge on any atom is 0.334 e. The molecule has 0 unspecified atom stereocenters. The van der Waals surface area contributed by atoms with Crippen LogP contribution in [0.25, 0.3) is 0 Å². The van der Waals surface area contributed by atoms with Gasteiger partial charge in [-0.3, -0.25) is 0 Å². The predicted octanol–water partition coefficient (Wildman–Crippen LogP) is 2.12. The zero-order valence-corrected chi connectivity index (χ0v) is 15.4. The Balaban J connectivity index is 1.62. The van der Waals surface area contributed by atoms with Gasteiger partial charge in [0, 0.05) is 12.0 Å². The first-order valence-electron chi connectivity index (χ1n) is 9.27. The first kappa shape index (κ1) is 17.3. The van der Waals surface area contributed by atoms with Crippen molar-refractivity contribution in [1.29, 1.82) is 0 Å². The zero-order chi connectivity index (χ0) is 18.1. The number of epoxide rings is 1. The van der Waals surface area contributed by atoms with Crippen LogP contribution in [0.1, 0.15) is 47.0 Å². The highest BCUT2D eigenvalue weighted by Crippen LogP contribution is 2.62. The molecule has 0 radical (unpaired) electrons.